The Morgan fingerprint density at radius 1 is 1.03 bits per heavy atom. The Balaban J connectivity index is 1.56. The second-order valence-electron chi connectivity index (χ2n) is 7.95. The average Bonchev–Trinajstić information content (AvgIpc) is 3.26. The average molecular weight is 478 g/mol. The van der Waals surface area contributed by atoms with Gasteiger partial charge in [-0.25, -0.2) is 0 Å². The van der Waals surface area contributed by atoms with E-state index in [4.69, 9.17) is 4.74 Å². The van der Waals surface area contributed by atoms with Crippen molar-refractivity contribution in [2.24, 2.45) is 0 Å². The summed E-state index contributed by atoms with van der Waals surface area (Å²) in [6, 6.07) is 16.7. The topological polar surface area (TPSA) is 97.7 Å². The van der Waals surface area contributed by atoms with E-state index < -0.39 is 23.7 Å². The second-order valence-corrected chi connectivity index (χ2v) is 8.94. The van der Waals surface area contributed by atoms with Crippen molar-refractivity contribution in [3.05, 3.63) is 71.3 Å². The molecule has 1 aliphatic rings. The molecule has 2 aromatic carbocycles. The van der Waals surface area contributed by atoms with Crippen molar-refractivity contribution in [1.82, 2.24) is 9.47 Å². The predicted molar refractivity (Wildman–Crippen MR) is 131 cm³/mol. The maximum absolute atomic E-state index is 12.8. The normalized spacial score (nSPS) is 14.9. The van der Waals surface area contributed by atoms with Crippen LogP contribution < -0.4 is 5.32 Å². The number of hydrogen-bond donors (Lipinski definition) is 1. The Bertz CT molecular complexity index is 1300. The molecule has 3 amide bonds. The van der Waals surface area contributed by atoms with Crippen LogP contribution in [0.1, 0.15) is 19.4 Å². The Morgan fingerprint density at radius 2 is 1.74 bits per heavy atom. The largest absolute Gasteiger partial charge is 0.462 e. The maximum atomic E-state index is 12.8. The number of hydrogen-bond acceptors (Lipinski definition) is 6. The number of imide groups is 1. The summed E-state index contributed by atoms with van der Waals surface area (Å²) in [5.41, 5.74) is 2.21. The quantitative estimate of drug-likeness (QED) is 0.403. The van der Waals surface area contributed by atoms with Crippen molar-refractivity contribution in [2.45, 2.75) is 26.5 Å². The summed E-state index contributed by atoms with van der Waals surface area (Å²) in [6.45, 7) is 3.04. The number of rotatable bonds is 7. The maximum Gasteiger partial charge on any atom is 0.326 e. The molecule has 1 aliphatic heterocycles. The number of nitrogens with one attached hydrogen (secondary N) is 1. The summed E-state index contributed by atoms with van der Waals surface area (Å²) >= 11 is 0.773. The SMILES string of the molecule is CC(C)OC(=O)CN1C(=O)S/C(=C/c2cn(CC(=O)Nc3ccccc3)c3ccccc23)C1=O. The lowest BCUT2D eigenvalue weighted by Gasteiger charge is -2.13. The second kappa shape index (κ2) is 9.96. The van der Waals surface area contributed by atoms with Gasteiger partial charge in [-0.15, -0.1) is 0 Å². The fourth-order valence-electron chi connectivity index (χ4n) is 3.60. The van der Waals surface area contributed by atoms with Crippen LogP contribution in [0.3, 0.4) is 0 Å². The van der Waals surface area contributed by atoms with Gasteiger partial charge in [-0.3, -0.25) is 24.1 Å². The highest BCUT2D eigenvalue weighted by Gasteiger charge is 2.37. The molecule has 0 bridgehead atoms. The number of aromatic nitrogens is 1. The third-order valence-electron chi connectivity index (χ3n) is 5.01. The molecule has 0 aliphatic carbocycles. The fraction of sp³-hybridized carbons (Fsp3) is 0.200. The number of para-hydroxylation sites is 2. The highest BCUT2D eigenvalue weighted by molar-refractivity contribution is 8.18. The first-order valence-corrected chi connectivity index (χ1v) is 11.5. The number of amides is 3. The van der Waals surface area contributed by atoms with Crippen LogP contribution >= 0.6 is 11.8 Å². The lowest BCUT2D eigenvalue weighted by molar-refractivity contribution is -0.149. The van der Waals surface area contributed by atoms with Gasteiger partial charge in [-0.05, 0) is 49.9 Å². The first-order chi connectivity index (χ1) is 16.3. The van der Waals surface area contributed by atoms with E-state index in [9.17, 15) is 19.2 Å². The summed E-state index contributed by atoms with van der Waals surface area (Å²) in [7, 11) is 0. The number of thioether (sulfide) groups is 1. The smallest absolute Gasteiger partial charge is 0.326 e. The minimum Gasteiger partial charge on any atom is -0.462 e. The van der Waals surface area contributed by atoms with Gasteiger partial charge in [0.15, 0.2) is 0 Å². The minimum absolute atomic E-state index is 0.0752. The molecule has 3 aromatic rings. The van der Waals surface area contributed by atoms with E-state index in [0.717, 1.165) is 27.6 Å². The summed E-state index contributed by atoms with van der Waals surface area (Å²) in [5.74, 6) is -1.38. The van der Waals surface area contributed by atoms with E-state index in [1.807, 2.05) is 54.6 Å². The zero-order chi connectivity index (χ0) is 24.2. The van der Waals surface area contributed by atoms with Crippen LogP contribution in [-0.2, 0) is 25.7 Å². The van der Waals surface area contributed by atoms with Gasteiger partial charge in [0.2, 0.25) is 5.91 Å². The van der Waals surface area contributed by atoms with Crippen LogP contribution in [0.25, 0.3) is 17.0 Å². The summed E-state index contributed by atoms with van der Waals surface area (Å²) < 4.78 is 6.84. The van der Waals surface area contributed by atoms with Gasteiger partial charge in [0.25, 0.3) is 11.1 Å². The van der Waals surface area contributed by atoms with Crippen molar-refractivity contribution >= 4 is 57.5 Å². The highest BCUT2D eigenvalue weighted by atomic mass is 32.2. The molecular weight excluding hydrogens is 454 g/mol. The van der Waals surface area contributed by atoms with Gasteiger partial charge in [0, 0.05) is 28.4 Å². The molecule has 0 radical (unpaired) electrons. The number of carbonyl (C=O) groups is 4. The predicted octanol–water partition coefficient (Wildman–Crippen LogP) is 4.27. The van der Waals surface area contributed by atoms with Gasteiger partial charge < -0.3 is 14.6 Å². The number of esters is 1. The van der Waals surface area contributed by atoms with Crippen molar-refractivity contribution in [3.8, 4) is 0 Å². The molecule has 0 spiro atoms. The van der Waals surface area contributed by atoms with E-state index in [1.54, 1.807) is 30.7 Å². The monoisotopic (exact) mass is 477 g/mol. The van der Waals surface area contributed by atoms with Gasteiger partial charge >= 0.3 is 5.97 Å². The van der Waals surface area contributed by atoms with Gasteiger partial charge in [-0.2, -0.15) is 0 Å². The Hall–Kier alpha value is -3.85. The molecule has 2 heterocycles. The zero-order valence-electron chi connectivity index (χ0n) is 18.7. The molecule has 1 saturated heterocycles. The molecule has 4 rings (SSSR count). The molecule has 9 heteroatoms. The lowest BCUT2D eigenvalue weighted by Crippen LogP contribution is -2.35. The number of carbonyl (C=O) groups excluding carboxylic acids is 4. The van der Waals surface area contributed by atoms with Crippen molar-refractivity contribution in [3.63, 3.8) is 0 Å². The first-order valence-electron chi connectivity index (χ1n) is 10.7. The number of fused-ring (bicyclic) bond motifs is 1. The fourth-order valence-corrected chi connectivity index (χ4v) is 4.43. The molecule has 0 atom stereocenters. The number of benzene rings is 2. The molecule has 0 unspecified atom stereocenters. The Morgan fingerprint density at radius 3 is 2.47 bits per heavy atom. The van der Waals surface area contributed by atoms with Crippen molar-refractivity contribution in [2.75, 3.05) is 11.9 Å². The van der Waals surface area contributed by atoms with Crippen LogP contribution in [0, 0.1) is 0 Å². The van der Waals surface area contributed by atoms with Crippen LogP contribution in [-0.4, -0.2) is 45.1 Å². The van der Waals surface area contributed by atoms with E-state index in [1.165, 1.54) is 0 Å². The Labute approximate surface area is 200 Å². The molecule has 0 saturated carbocycles. The third-order valence-corrected chi connectivity index (χ3v) is 5.91. The van der Waals surface area contributed by atoms with E-state index >= 15 is 0 Å². The standard InChI is InChI=1S/C25H23N3O5S/c1-16(2)33-23(30)15-28-24(31)21(34-25(28)32)12-17-13-27(20-11-7-6-10-19(17)20)14-22(29)26-18-8-4-3-5-9-18/h3-13,16H,14-15H2,1-2H3,(H,26,29)/b21-12+. The first kappa shape index (κ1) is 23.3. The molecule has 1 N–H and O–H groups in total. The van der Waals surface area contributed by atoms with E-state index in [-0.39, 0.29) is 23.5 Å². The molecule has 1 aromatic heterocycles. The van der Waals surface area contributed by atoms with Crippen LogP contribution in [0.2, 0.25) is 0 Å². The molecule has 174 valence electrons. The highest BCUT2D eigenvalue weighted by Crippen LogP contribution is 2.34. The number of anilines is 1. The minimum atomic E-state index is -0.639. The summed E-state index contributed by atoms with van der Waals surface area (Å²) in [6.07, 6.45) is 3.05. The Kier molecular flexibility index (Phi) is 6.83. The summed E-state index contributed by atoms with van der Waals surface area (Å²) in [4.78, 5) is 50.8. The van der Waals surface area contributed by atoms with Crippen LogP contribution in [0.5, 0.6) is 0 Å². The summed E-state index contributed by atoms with van der Waals surface area (Å²) in [5, 5.41) is 3.17. The van der Waals surface area contributed by atoms with Gasteiger partial charge in [0.05, 0.1) is 11.0 Å². The van der Waals surface area contributed by atoms with E-state index in [2.05, 4.69) is 5.32 Å². The van der Waals surface area contributed by atoms with Crippen LogP contribution in [0.4, 0.5) is 10.5 Å². The lowest BCUT2D eigenvalue weighted by atomic mass is 10.1. The van der Waals surface area contributed by atoms with E-state index in [0.29, 0.717) is 11.3 Å². The third kappa shape index (κ3) is 5.20. The van der Waals surface area contributed by atoms with Crippen LogP contribution in [0.15, 0.2) is 65.7 Å². The van der Waals surface area contributed by atoms with Gasteiger partial charge in [0.1, 0.15) is 13.1 Å². The molecule has 8 nitrogen and oxygen atoms in total. The molecule has 1 fully saturated rings. The number of nitrogens with zero attached hydrogens (tertiary/aromatic N) is 2. The molecular formula is C25H23N3O5S. The van der Waals surface area contributed by atoms with Crippen molar-refractivity contribution < 1.29 is 23.9 Å². The zero-order valence-corrected chi connectivity index (χ0v) is 19.5. The van der Waals surface area contributed by atoms with Crippen molar-refractivity contribution in [1.29, 1.82) is 0 Å². The molecule has 34 heavy (non-hydrogen) atoms. The number of ether oxygens (including phenoxy) is 1. The van der Waals surface area contributed by atoms with Gasteiger partial charge in [-0.1, -0.05) is 36.4 Å².